The van der Waals surface area contributed by atoms with E-state index in [0.29, 0.717) is 6.42 Å². The maximum absolute atomic E-state index is 12.3. The van der Waals surface area contributed by atoms with Gasteiger partial charge in [0.05, 0.1) is 17.9 Å². The standard InChI is InChI=1S/C12H17F2N3O/c1-7(2)17-10-8(6-15-17)4-3-5-9(10)16-12(18)11(13)14/h6-7,9,11H,3-5H2,1-2H3,(H,16,18)/t9-/m1/s1. The Hall–Kier alpha value is -1.46. The van der Waals surface area contributed by atoms with E-state index >= 15 is 0 Å². The second-order valence-electron chi connectivity index (χ2n) is 4.85. The summed E-state index contributed by atoms with van der Waals surface area (Å²) in [5.41, 5.74) is 1.93. The van der Waals surface area contributed by atoms with Gasteiger partial charge in [-0.2, -0.15) is 13.9 Å². The molecule has 2 rings (SSSR count). The van der Waals surface area contributed by atoms with Crippen molar-refractivity contribution in [1.29, 1.82) is 0 Å². The van der Waals surface area contributed by atoms with Crippen LogP contribution in [0.2, 0.25) is 0 Å². The third kappa shape index (κ3) is 2.37. The predicted molar refractivity (Wildman–Crippen MR) is 62.4 cm³/mol. The van der Waals surface area contributed by atoms with E-state index in [-0.39, 0.29) is 12.1 Å². The van der Waals surface area contributed by atoms with Gasteiger partial charge in [0.15, 0.2) is 0 Å². The molecule has 0 saturated heterocycles. The van der Waals surface area contributed by atoms with E-state index in [1.807, 2.05) is 18.5 Å². The fraction of sp³-hybridized carbons (Fsp3) is 0.667. The van der Waals surface area contributed by atoms with Crippen LogP contribution in [0.4, 0.5) is 8.78 Å². The van der Waals surface area contributed by atoms with E-state index in [1.54, 1.807) is 6.20 Å². The lowest BCUT2D eigenvalue weighted by molar-refractivity contribution is -0.132. The minimum atomic E-state index is -2.97. The Morgan fingerprint density at radius 2 is 2.28 bits per heavy atom. The van der Waals surface area contributed by atoms with Crippen molar-refractivity contribution >= 4 is 5.91 Å². The number of carbonyl (C=O) groups is 1. The van der Waals surface area contributed by atoms with Crippen molar-refractivity contribution in [3.05, 3.63) is 17.5 Å². The van der Waals surface area contributed by atoms with Gasteiger partial charge in [-0.3, -0.25) is 9.48 Å². The summed E-state index contributed by atoms with van der Waals surface area (Å²) >= 11 is 0. The molecule has 1 amide bonds. The number of aryl methyl sites for hydroxylation is 1. The number of hydrogen-bond acceptors (Lipinski definition) is 2. The first-order valence-corrected chi connectivity index (χ1v) is 6.15. The summed E-state index contributed by atoms with van der Waals surface area (Å²) in [7, 11) is 0. The molecule has 4 nitrogen and oxygen atoms in total. The fourth-order valence-corrected chi connectivity index (χ4v) is 2.40. The first kappa shape index (κ1) is 13.0. The van der Waals surface area contributed by atoms with Crippen molar-refractivity contribution in [3.8, 4) is 0 Å². The average Bonchev–Trinajstić information content (AvgIpc) is 2.73. The van der Waals surface area contributed by atoms with Crippen LogP contribution in [0.15, 0.2) is 6.20 Å². The van der Waals surface area contributed by atoms with Gasteiger partial charge in [0.1, 0.15) is 0 Å². The van der Waals surface area contributed by atoms with Crippen LogP contribution in [0.5, 0.6) is 0 Å². The van der Waals surface area contributed by atoms with Crippen LogP contribution in [-0.2, 0) is 11.2 Å². The molecule has 0 unspecified atom stereocenters. The topological polar surface area (TPSA) is 46.9 Å². The number of nitrogens with one attached hydrogen (secondary N) is 1. The predicted octanol–water partition coefficient (Wildman–Crippen LogP) is 2.22. The minimum absolute atomic E-state index is 0.151. The number of hydrogen-bond donors (Lipinski definition) is 1. The monoisotopic (exact) mass is 257 g/mol. The maximum atomic E-state index is 12.3. The number of fused-ring (bicyclic) bond motifs is 1. The van der Waals surface area contributed by atoms with Gasteiger partial charge in [-0.1, -0.05) is 0 Å². The SMILES string of the molecule is CC(C)n1ncc2c1[C@H](NC(=O)C(F)F)CCC2. The van der Waals surface area contributed by atoms with Crippen molar-refractivity contribution in [2.75, 3.05) is 0 Å². The van der Waals surface area contributed by atoms with Crippen molar-refractivity contribution in [2.24, 2.45) is 0 Å². The molecule has 0 aromatic carbocycles. The Balaban J connectivity index is 2.26. The second-order valence-corrected chi connectivity index (χ2v) is 4.85. The fourth-order valence-electron chi connectivity index (χ4n) is 2.40. The number of alkyl halides is 2. The highest BCUT2D eigenvalue weighted by molar-refractivity contribution is 5.79. The van der Waals surface area contributed by atoms with Crippen LogP contribution in [0.25, 0.3) is 0 Å². The zero-order valence-electron chi connectivity index (χ0n) is 10.5. The lowest BCUT2D eigenvalue weighted by atomic mass is 9.93. The van der Waals surface area contributed by atoms with Gasteiger partial charge >= 0.3 is 6.43 Å². The molecule has 1 atom stereocenters. The van der Waals surface area contributed by atoms with Crippen LogP contribution in [0, 0.1) is 0 Å². The van der Waals surface area contributed by atoms with Gasteiger partial charge in [-0.15, -0.1) is 0 Å². The molecule has 1 aromatic rings. The Morgan fingerprint density at radius 3 is 2.89 bits per heavy atom. The van der Waals surface area contributed by atoms with Crippen LogP contribution in [-0.4, -0.2) is 22.1 Å². The van der Waals surface area contributed by atoms with Crippen LogP contribution < -0.4 is 5.32 Å². The smallest absolute Gasteiger partial charge is 0.315 e. The van der Waals surface area contributed by atoms with Crippen LogP contribution in [0.3, 0.4) is 0 Å². The third-order valence-electron chi connectivity index (χ3n) is 3.19. The van der Waals surface area contributed by atoms with Crippen molar-refractivity contribution in [2.45, 2.75) is 51.6 Å². The summed E-state index contributed by atoms with van der Waals surface area (Å²) in [6.07, 6.45) is 1.26. The Bertz CT molecular complexity index is 443. The molecule has 1 aromatic heterocycles. The summed E-state index contributed by atoms with van der Waals surface area (Å²) in [4.78, 5) is 11.1. The molecule has 0 aliphatic heterocycles. The number of amides is 1. The molecule has 1 N–H and O–H groups in total. The van der Waals surface area contributed by atoms with Crippen molar-refractivity contribution in [3.63, 3.8) is 0 Å². The second kappa shape index (κ2) is 5.04. The highest BCUT2D eigenvalue weighted by Crippen LogP contribution is 2.31. The molecule has 0 radical (unpaired) electrons. The van der Waals surface area contributed by atoms with Crippen molar-refractivity contribution in [1.82, 2.24) is 15.1 Å². The molecule has 1 heterocycles. The van der Waals surface area contributed by atoms with Gasteiger partial charge < -0.3 is 5.32 Å². The van der Waals surface area contributed by atoms with Gasteiger partial charge in [0.25, 0.3) is 5.91 Å². The first-order chi connectivity index (χ1) is 8.50. The normalized spacial score (nSPS) is 19.1. The number of aromatic nitrogens is 2. The van der Waals surface area contributed by atoms with Crippen molar-refractivity contribution < 1.29 is 13.6 Å². The molecule has 18 heavy (non-hydrogen) atoms. The van der Waals surface area contributed by atoms with Gasteiger partial charge in [-0.25, -0.2) is 0 Å². The van der Waals surface area contributed by atoms with E-state index < -0.39 is 12.3 Å². The summed E-state index contributed by atoms with van der Waals surface area (Å²) in [6, 6.07) is -0.196. The summed E-state index contributed by atoms with van der Waals surface area (Å²) in [6.45, 7) is 3.96. The summed E-state index contributed by atoms with van der Waals surface area (Å²) in [5, 5.41) is 6.68. The molecule has 100 valence electrons. The number of carbonyl (C=O) groups excluding carboxylic acids is 1. The van der Waals surface area contributed by atoms with E-state index in [4.69, 9.17) is 0 Å². The highest BCUT2D eigenvalue weighted by atomic mass is 19.3. The molecule has 0 spiro atoms. The largest absolute Gasteiger partial charge is 0.343 e. The molecule has 0 fully saturated rings. The van der Waals surface area contributed by atoms with E-state index in [0.717, 1.165) is 24.1 Å². The zero-order chi connectivity index (χ0) is 13.3. The molecule has 1 aliphatic carbocycles. The Kier molecular flexibility index (Phi) is 3.63. The van der Waals surface area contributed by atoms with Crippen LogP contribution >= 0.6 is 0 Å². The number of nitrogens with zero attached hydrogens (tertiary/aromatic N) is 2. The van der Waals surface area contributed by atoms with E-state index in [9.17, 15) is 13.6 Å². The Labute approximate surface area is 104 Å². The molecular weight excluding hydrogens is 240 g/mol. The van der Waals surface area contributed by atoms with E-state index in [2.05, 4.69) is 10.4 Å². The highest BCUT2D eigenvalue weighted by Gasteiger charge is 2.29. The zero-order valence-corrected chi connectivity index (χ0v) is 10.5. The lowest BCUT2D eigenvalue weighted by Gasteiger charge is -2.26. The Morgan fingerprint density at radius 1 is 1.56 bits per heavy atom. The van der Waals surface area contributed by atoms with Crippen LogP contribution in [0.1, 0.15) is 50.0 Å². The minimum Gasteiger partial charge on any atom is -0.343 e. The number of rotatable bonds is 3. The third-order valence-corrected chi connectivity index (χ3v) is 3.19. The molecule has 1 aliphatic rings. The quantitative estimate of drug-likeness (QED) is 0.902. The van der Waals surface area contributed by atoms with E-state index in [1.165, 1.54) is 0 Å². The lowest BCUT2D eigenvalue weighted by Crippen LogP contribution is -2.36. The summed E-state index contributed by atoms with van der Waals surface area (Å²) in [5.74, 6) is -1.20. The van der Waals surface area contributed by atoms with Gasteiger partial charge in [-0.05, 0) is 38.7 Å². The maximum Gasteiger partial charge on any atom is 0.315 e. The molecular formula is C12H17F2N3O. The first-order valence-electron chi connectivity index (χ1n) is 6.15. The van der Waals surface area contributed by atoms with Gasteiger partial charge in [0, 0.05) is 6.04 Å². The molecule has 0 bridgehead atoms. The molecule has 6 heteroatoms. The number of halogens is 2. The molecule has 0 saturated carbocycles. The van der Waals surface area contributed by atoms with Gasteiger partial charge in [0.2, 0.25) is 0 Å². The summed E-state index contributed by atoms with van der Waals surface area (Å²) < 4.78 is 26.4. The average molecular weight is 257 g/mol.